The van der Waals surface area contributed by atoms with Crippen molar-refractivity contribution in [2.75, 3.05) is 5.32 Å². The molecule has 0 bridgehead atoms. The van der Waals surface area contributed by atoms with Gasteiger partial charge in [0.1, 0.15) is 5.82 Å². The molecule has 2 N–H and O–H groups in total. The van der Waals surface area contributed by atoms with E-state index in [0.29, 0.717) is 17.0 Å². The third-order valence-corrected chi connectivity index (χ3v) is 3.27. The maximum absolute atomic E-state index is 13.3. The monoisotopic (exact) mass is 306 g/mol. The molecule has 4 nitrogen and oxygen atoms in total. The highest BCUT2D eigenvalue weighted by atomic mass is 35.5. The molecule has 0 heterocycles. The van der Waals surface area contributed by atoms with Crippen molar-refractivity contribution in [3.63, 3.8) is 0 Å². The van der Waals surface area contributed by atoms with Crippen LogP contribution in [0.15, 0.2) is 47.6 Å². The zero-order valence-corrected chi connectivity index (χ0v) is 11.9. The van der Waals surface area contributed by atoms with Crippen LogP contribution in [0.25, 0.3) is 0 Å². The lowest BCUT2D eigenvalue weighted by Gasteiger charge is -2.08. The average Bonchev–Trinajstić information content (AvgIpc) is 2.49. The van der Waals surface area contributed by atoms with Crippen molar-refractivity contribution in [2.24, 2.45) is 5.16 Å². The molecule has 21 heavy (non-hydrogen) atoms. The molecule has 1 amide bonds. The summed E-state index contributed by atoms with van der Waals surface area (Å²) < 4.78 is 13.3. The highest BCUT2D eigenvalue weighted by molar-refractivity contribution is 6.34. The van der Waals surface area contributed by atoms with E-state index in [1.54, 1.807) is 31.2 Å². The summed E-state index contributed by atoms with van der Waals surface area (Å²) in [5, 5.41) is 14.2. The van der Waals surface area contributed by atoms with Crippen LogP contribution in [0.4, 0.5) is 10.1 Å². The summed E-state index contributed by atoms with van der Waals surface area (Å²) in [4.78, 5) is 12.1. The Labute approximate surface area is 125 Å². The van der Waals surface area contributed by atoms with Gasteiger partial charge in [-0.2, -0.15) is 0 Å². The lowest BCUT2D eigenvalue weighted by molar-refractivity contribution is 0.102. The highest BCUT2D eigenvalue weighted by Gasteiger charge is 2.13. The topological polar surface area (TPSA) is 61.7 Å². The van der Waals surface area contributed by atoms with Gasteiger partial charge < -0.3 is 10.5 Å². The van der Waals surface area contributed by atoms with Crippen molar-refractivity contribution in [1.82, 2.24) is 0 Å². The van der Waals surface area contributed by atoms with Crippen molar-refractivity contribution in [2.45, 2.75) is 6.92 Å². The first-order chi connectivity index (χ1) is 10.0. The average molecular weight is 307 g/mol. The van der Waals surface area contributed by atoms with Gasteiger partial charge in [-0.15, -0.1) is 0 Å². The maximum atomic E-state index is 13.3. The van der Waals surface area contributed by atoms with Crippen molar-refractivity contribution in [3.8, 4) is 0 Å². The highest BCUT2D eigenvalue weighted by Crippen LogP contribution is 2.21. The molecular formula is C15H12ClFN2O2. The predicted octanol–water partition coefficient (Wildman–Crippen LogP) is 3.93. The number of benzene rings is 2. The lowest BCUT2D eigenvalue weighted by Crippen LogP contribution is -2.13. The van der Waals surface area contributed by atoms with E-state index in [4.69, 9.17) is 16.8 Å². The van der Waals surface area contributed by atoms with E-state index < -0.39 is 11.7 Å². The third-order valence-electron chi connectivity index (χ3n) is 2.88. The molecule has 0 aliphatic heterocycles. The number of nitrogens with zero attached hydrogens (tertiary/aromatic N) is 1. The lowest BCUT2D eigenvalue weighted by atomic mass is 10.1. The van der Waals surface area contributed by atoms with E-state index in [0.717, 1.165) is 0 Å². The number of carbonyl (C=O) groups excluding carboxylic acids is 1. The Kier molecular flexibility index (Phi) is 4.55. The first-order valence-electron chi connectivity index (χ1n) is 6.07. The molecule has 0 unspecified atom stereocenters. The summed E-state index contributed by atoms with van der Waals surface area (Å²) in [5.74, 6) is -1.17. The minimum atomic E-state index is -0.652. The summed E-state index contributed by atoms with van der Waals surface area (Å²) in [6, 6.07) is 10.8. The molecule has 0 saturated heterocycles. The third kappa shape index (κ3) is 3.38. The van der Waals surface area contributed by atoms with Crippen LogP contribution in [-0.4, -0.2) is 16.8 Å². The number of oxime groups is 1. The number of halogens is 2. The Balaban J connectivity index is 2.26. The summed E-state index contributed by atoms with van der Waals surface area (Å²) in [5.41, 5.74) is 1.60. The summed E-state index contributed by atoms with van der Waals surface area (Å²) in [6.45, 7) is 1.63. The fourth-order valence-electron chi connectivity index (χ4n) is 1.76. The second-order valence-corrected chi connectivity index (χ2v) is 4.70. The van der Waals surface area contributed by atoms with E-state index >= 15 is 0 Å². The number of anilines is 1. The number of amides is 1. The fraction of sp³-hybridized carbons (Fsp3) is 0.0667. The van der Waals surface area contributed by atoms with Gasteiger partial charge in [-0.3, -0.25) is 4.79 Å². The van der Waals surface area contributed by atoms with E-state index in [1.807, 2.05) is 0 Å². The van der Waals surface area contributed by atoms with Gasteiger partial charge >= 0.3 is 0 Å². The first-order valence-corrected chi connectivity index (χ1v) is 6.45. The van der Waals surface area contributed by atoms with Crippen LogP contribution in [0.3, 0.4) is 0 Å². The Bertz CT molecular complexity index is 717. The van der Waals surface area contributed by atoms with Crippen molar-refractivity contribution in [1.29, 1.82) is 0 Å². The molecule has 0 aliphatic rings. The second-order valence-electron chi connectivity index (χ2n) is 4.32. The Hall–Kier alpha value is -2.40. The predicted molar refractivity (Wildman–Crippen MR) is 79.8 cm³/mol. The molecule has 0 radical (unpaired) electrons. The largest absolute Gasteiger partial charge is 0.411 e. The van der Waals surface area contributed by atoms with Crippen molar-refractivity contribution < 1.29 is 14.4 Å². The van der Waals surface area contributed by atoms with Gasteiger partial charge in [-0.05, 0) is 31.2 Å². The fourth-order valence-corrected chi connectivity index (χ4v) is 1.97. The Morgan fingerprint density at radius 1 is 1.29 bits per heavy atom. The smallest absolute Gasteiger partial charge is 0.257 e. The summed E-state index contributed by atoms with van der Waals surface area (Å²) in [6.07, 6.45) is 0. The van der Waals surface area contributed by atoms with Crippen molar-refractivity contribution >= 4 is 28.9 Å². The number of nitrogens with one attached hydrogen (secondary N) is 1. The van der Waals surface area contributed by atoms with E-state index in [-0.39, 0.29) is 10.6 Å². The summed E-state index contributed by atoms with van der Waals surface area (Å²) in [7, 11) is 0. The van der Waals surface area contributed by atoms with Crippen LogP contribution >= 0.6 is 11.6 Å². The number of hydrogen-bond donors (Lipinski definition) is 2. The van der Waals surface area contributed by atoms with Crippen LogP contribution in [0.5, 0.6) is 0 Å². The van der Waals surface area contributed by atoms with Gasteiger partial charge in [0, 0.05) is 11.3 Å². The molecule has 2 aromatic carbocycles. The molecule has 0 aromatic heterocycles. The van der Waals surface area contributed by atoms with Gasteiger partial charge in [-0.1, -0.05) is 35.0 Å². The number of rotatable bonds is 3. The first kappa shape index (κ1) is 15.0. The molecule has 2 rings (SSSR count). The van der Waals surface area contributed by atoms with E-state index in [1.165, 1.54) is 18.2 Å². The van der Waals surface area contributed by atoms with Gasteiger partial charge in [0.15, 0.2) is 0 Å². The molecule has 0 saturated carbocycles. The second kappa shape index (κ2) is 6.37. The zero-order valence-electron chi connectivity index (χ0n) is 11.1. The van der Waals surface area contributed by atoms with Crippen LogP contribution in [0.2, 0.25) is 5.02 Å². The van der Waals surface area contributed by atoms with E-state index in [9.17, 15) is 9.18 Å². The standard InChI is InChI=1S/C15H12ClFN2O2/c1-9(19-21)10-4-2-5-11(8-10)18-15(20)12-6-3-7-13(17)14(12)16/h2-8,21H,1H3,(H,18,20)/b19-9-. The van der Waals surface area contributed by atoms with Crippen LogP contribution < -0.4 is 5.32 Å². The number of carbonyl (C=O) groups is 1. The van der Waals surface area contributed by atoms with Crippen LogP contribution in [-0.2, 0) is 0 Å². The number of hydrogen-bond acceptors (Lipinski definition) is 3. The Morgan fingerprint density at radius 3 is 2.71 bits per heavy atom. The molecule has 2 aromatic rings. The molecular weight excluding hydrogens is 295 g/mol. The van der Waals surface area contributed by atoms with E-state index in [2.05, 4.69) is 10.5 Å². The summed E-state index contributed by atoms with van der Waals surface area (Å²) >= 11 is 5.77. The molecule has 0 spiro atoms. The molecule has 0 aliphatic carbocycles. The Morgan fingerprint density at radius 2 is 2.00 bits per heavy atom. The van der Waals surface area contributed by atoms with Gasteiger partial charge in [0.2, 0.25) is 0 Å². The molecule has 0 fully saturated rings. The minimum Gasteiger partial charge on any atom is -0.411 e. The van der Waals surface area contributed by atoms with Crippen LogP contribution in [0, 0.1) is 5.82 Å². The van der Waals surface area contributed by atoms with Gasteiger partial charge in [0.05, 0.1) is 16.3 Å². The quantitative estimate of drug-likeness (QED) is 0.513. The molecule has 0 atom stereocenters. The maximum Gasteiger partial charge on any atom is 0.257 e. The molecule has 6 heteroatoms. The van der Waals surface area contributed by atoms with Gasteiger partial charge in [-0.25, -0.2) is 4.39 Å². The normalized spacial score (nSPS) is 11.3. The van der Waals surface area contributed by atoms with Gasteiger partial charge in [0.25, 0.3) is 5.91 Å². The minimum absolute atomic E-state index is 0.0506. The zero-order chi connectivity index (χ0) is 15.4. The SMILES string of the molecule is C/C(=N/O)c1cccc(NC(=O)c2cccc(F)c2Cl)c1. The molecule has 108 valence electrons. The van der Waals surface area contributed by atoms with Crippen LogP contribution in [0.1, 0.15) is 22.8 Å². The van der Waals surface area contributed by atoms with Crippen molar-refractivity contribution in [3.05, 3.63) is 64.4 Å².